The standard InChI is InChI=1S/C15H20BrNO/c1-9(2)10-6-15(7-10)8-13(17)12-4-3-11(16)5-14(12)18-15/h3-5,9-10,13H,6-8,17H2,1-2H3/t10?,13-,15?/m0/s1. The Morgan fingerprint density at radius 1 is 1.33 bits per heavy atom. The van der Waals surface area contributed by atoms with Crippen LogP contribution >= 0.6 is 15.9 Å². The molecule has 1 heterocycles. The molecule has 0 amide bonds. The van der Waals surface area contributed by atoms with Crippen molar-refractivity contribution < 1.29 is 4.74 Å². The van der Waals surface area contributed by atoms with E-state index in [1.54, 1.807) is 0 Å². The van der Waals surface area contributed by atoms with Gasteiger partial charge in [-0.1, -0.05) is 35.8 Å². The molecule has 1 aromatic rings. The molecule has 1 atom stereocenters. The molecule has 98 valence electrons. The lowest BCUT2D eigenvalue weighted by Gasteiger charge is -2.52. The van der Waals surface area contributed by atoms with Gasteiger partial charge in [-0.3, -0.25) is 0 Å². The minimum absolute atomic E-state index is 0.0160. The summed E-state index contributed by atoms with van der Waals surface area (Å²) in [6.45, 7) is 4.59. The quantitative estimate of drug-likeness (QED) is 0.850. The number of hydrogen-bond donors (Lipinski definition) is 1. The predicted octanol–water partition coefficient (Wildman–Crippen LogP) is 4.04. The third-order valence-electron chi connectivity index (χ3n) is 4.50. The topological polar surface area (TPSA) is 35.2 Å². The second kappa shape index (κ2) is 4.24. The molecule has 18 heavy (non-hydrogen) atoms. The molecule has 1 spiro atoms. The average molecular weight is 310 g/mol. The number of fused-ring (bicyclic) bond motifs is 1. The molecule has 1 fully saturated rings. The summed E-state index contributed by atoms with van der Waals surface area (Å²) in [5, 5.41) is 0. The summed E-state index contributed by atoms with van der Waals surface area (Å²) in [5.41, 5.74) is 7.47. The predicted molar refractivity (Wildman–Crippen MR) is 76.6 cm³/mol. The highest BCUT2D eigenvalue weighted by Crippen LogP contribution is 2.52. The highest BCUT2D eigenvalue weighted by Gasteiger charge is 2.50. The van der Waals surface area contributed by atoms with E-state index in [4.69, 9.17) is 10.5 Å². The summed E-state index contributed by atoms with van der Waals surface area (Å²) in [7, 11) is 0. The molecule has 2 nitrogen and oxygen atoms in total. The van der Waals surface area contributed by atoms with Gasteiger partial charge in [-0.25, -0.2) is 0 Å². The van der Waals surface area contributed by atoms with Crippen LogP contribution in [0.15, 0.2) is 22.7 Å². The molecule has 1 aliphatic heterocycles. The van der Waals surface area contributed by atoms with Crippen LogP contribution in [0.3, 0.4) is 0 Å². The molecule has 0 bridgehead atoms. The van der Waals surface area contributed by atoms with Gasteiger partial charge in [-0.05, 0) is 36.8 Å². The van der Waals surface area contributed by atoms with Crippen LogP contribution in [-0.2, 0) is 0 Å². The summed E-state index contributed by atoms with van der Waals surface area (Å²) >= 11 is 3.50. The summed E-state index contributed by atoms with van der Waals surface area (Å²) in [4.78, 5) is 0. The summed E-state index contributed by atoms with van der Waals surface area (Å²) in [6, 6.07) is 6.29. The zero-order valence-corrected chi connectivity index (χ0v) is 12.5. The van der Waals surface area contributed by atoms with E-state index in [1.807, 2.05) is 6.07 Å². The molecule has 2 N–H and O–H groups in total. The van der Waals surface area contributed by atoms with E-state index in [0.29, 0.717) is 0 Å². The summed E-state index contributed by atoms with van der Waals surface area (Å²) in [5.74, 6) is 2.52. The minimum atomic E-state index is 0.0160. The number of ether oxygens (including phenoxy) is 1. The fraction of sp³-hybridized carbons (Fsp3) is 0.600. The van der Waals surface area contributed by atoms with Crippen molar-refractivity contribution >= 4 is 15.9 Å². The summed E-state index contributed by atoms with van der Waals surface area (Å²) in [6.07, 6.45) is 3.28. The van der Waals surface area contributed by atoms with E-state index in [9.17, 15) is 0 Å². The first-order valence-corrected chi connectivity index (χ1v) is 7.52. The highest BCUT2D eigenvalue weighted by atomic mass is 79.9. The highest BCUT2D eigenvalue weighted by molar-refractivity contribution is 9.10. The molecular weight excluding hydrogens is 290 g/mol. The van der Waals surface area contributed by atoms with Gasteiger partial charge in [0, 0.05) is 22.5 Å². The Morgan fingerprint density at radius 3 is 2.72 bits per heavy atom. The van der Waals surface area contributed by atoms with Gasteiger partial charge in [0.1, 0.15) is 11.4 Å². The molecule has 2 aliphatic rings. The molecule has 1 aromatic carbocycles. The van der Waals surface area contributed by atoms with Gasteiger partial charge in [0.2, 0.25) is 0 Å². The first kappa shape index (κ1) is 12.5. The second-order valence-corrected chi connectivity index (χ2v) is 7.11. The first-order chi connectivity index (χ1) is 8.49. The van der Waals surface area contributed by atoms with Crippen molar-refractivity contribution in [1.29, 1.82) is 0 Å². The molecule has 3 rings (SSSR count). The van der Waals surface area contributed by atoms with E-state index in [2.05, 4.69) is 41.9 Å². The van der Waals surface area contributed by atoms with E-state index in [0.717, 1.165) is 46.9 Å². The van der Waals surface area contributed by atoms with Gasteiger partial charge < -0.3 is 10.5 Å². The normalized spacial score (nSPS) is 34.1. The number of benzene rings is 1. The maximum absolute atomic E-state index is 6.31. The van der Waals surface area contributed by atoms with E-state index >= 15 is 0 Å². The van der Waals surface area contributed by atoms with Crippen LogP contribution in [0.4, 0.5) is 0 Å². The zero-order valence-electron chi connectivity index (χ0n) is 10.9. The molecule has 0 saturated heterocycles. The van der Waals surface area contributed by atoms with Crippen molar-refractivity contribution in [3.63, 3.8) is 0 Å². The van der Waals surface area contributed by atoms with Crippen molar-refractivity contribution in [2.75, 3.05) is 0 Å². The van der Waals surface area contributed by atoms with Gasteiger partial charge in [-0.15, -0.1) is 0 Å². The smallest absolute Gasteiger partial charge is 0.126 e. The van der Waals surface area contributed by atoms with E-state index in [1.165, 1.54) is 0 Å². The molecule has 0 aromatic heterocycles. The van der Waals surface area contributed by atoms with Crippen molar-refractivity contribution in [3.8, 4) is 5.75 Å². The largest absolute Gasteiger partial charge is 0.487 e. The lowest BCUT2D eigenvalue weighted by atomic mass is 9.62. The Hall–Kier alpha value is -0.540. The van der Waals surface area contributed by atoms with Crippen LogP contribution in [-0.4, -0.2) is 5.60 Å². The molecule has 1 saturated carbocycles. The van der Waals surface area contributed by atoms with E-state index < -0.39 is 0 Å². The van der Waals surface area contributed by atoms with Crippen LogP contribution in [0.25, 0.3) is 0 Å². The molecule has 1 aliphatic carbocycles. The number of nitrogens with two attached hydrogens (primary N) is 1. The molecular formula is C15H20BrNO. The van der Waals surface area contributed by atoms with Crippen LogP contribution in [0.1, 0.15) is 44.7 Å². The summed E-state index contributed by atoms with van der Waals surface area (Å²) < 4.78 is 7.34. The van der Waals surface area contributed by atoms with Crippen molar-refractivity contribution in [1.82, 2.24) is 0 Å². The van der Waals surface area contributed by atoms with Crippen molar-refractivity contribution in [3.05, 3.63) is 28.2 Å². The third kappa shape index (κ3) is 1.97. The fourth-order valence-electron chi connectivity index (χ4n) is 3.31. The Morgan fingerprint density at radius 2 is 2.06 bits per heavy atom. The van der Waals surface area contributed by atoms with Gasteiger partial charge in [0.15, 0.2) is 0 Å². The van der Waals surface area contributed by atoms with Crippen LogP contribution in [0.5, 0.6) is 5.75 Å². The van der Waals surface area contributed by atoms with Gasteiger partial charge in [0.05, 0.1) is 0 Å². The van der Waals surface area contributed by atoms with Gasteiger partial charge in [-0.2, -0.15) is 0 Å². The Labute approximate surface area is 117 Å². The number of rotatable bonds is 1. The van der Waals surface area contributed by atoms with E-state index in [-0.39, 0.29) is 11.6 Å². The Kier molecular flexibility index (Phi) is 2.94. The maximum atomic E-state index is 6.31. The van der Waals surface area contributed by atoms with Crippen molar-refractivity contribution in [2.24, 2.45) is 17.6 Å². The fourth-order valence-corrected chi connectivity index (χ4v) is 3.65. The van der Waals surface area contributed by atoms with Crippen LogP contribution in [0.2, 0.25) is 0 Å². The first-order valence-electron chi connectivity index (χ1n) is 6.73. The zero-order chi connectivity index (χ0) is 12.9. The second-order valence-electron chi connectivity index (χ2n) is 6.19. The van der Waals surface area contributed by atoms with Crippen LogP contribution < -0.4 is 10.5 Å². The number of hydrogen-bond acceptors (Lipinski definition) is 2. The minimum Gasteiger partial charge on any atom is -0.487 e. The molecule has 0 unspecified atom stereocenters. The Bertz CT molecular complexity index is 466. The SMILES string of the molecule is CC(C)C1CC2(C1)C[C@H](N)c1ccc(Br)cc1O2. The number of halogens is 1. The van der Waals surface area contributed by atoms with Gasteiger partial charge in [0.25, 0.3) is 0 Å². The lowest BCUT2D eigenvalue weighted by molar-refractivity contribution is -0.0845. The van der Waals surface area contributed by atoms with Crippen LogP contribution in [0, 0.1) is 11.8 Å². The molecule has 3 heteroatoms. The average Bonchev–Trinajstić information content (AvgIpc) is 2.24. The maximum Gasteiger partial charge on any atom is 0.126 e. The van der Waals surface area contributed by atoms with Gasteiger partial charge >= 0.3 is 0 Å². The lowest BCUT2D eigenvalue weighted by Crippen LogP contribution is -2.53. The Balaban J connectivity index is 1.84. The third-order valence-corrected chi connectivity index (χ3v) is 5.00. The molecule has 0 radical (unpaired) electrons. The monoisotopic (exact) mass is 309 g/mol. The van der Waals surface area contributed by atoms with Crippen molar-refractivity contribution in [2.45, 2.75) is 44.8 Å².